The van der Waals surface area contributed by atoms with Crippen molar-refractivity contribution in [3.63, 3.8) is 0 Å². The number of esters is 2. The van der Waals surface area contributed by atoms with Crippen molar-refractivity contribution in [2.24, 2.45) is 11.0 Å². The molecule has 8 nitrogen and oxygen atoms in total. The monoisotopic (exact) mass is 331 g/mol. The van der Waals surface area contributed by atoms with Crippen molar-refractivity contribution in [3.8, 4) is 0 Å². The first kappa shape index (κ1) is 18.6. The molecule has 9 heteroatoms. The Morgan fingerprint density at radius 1 is 1.27 bits per heavy atom. The largest absolute Gasteiger partial charge is 0.458 e. The second kappa shape index (κ2) is 8.87. The van der Waals surface area contributed by atoms with Crippen LogP contribution in [0.1, 0.15) is 27.7 Å². The summed E-state index contributed by atoms with van der Waals surface area (Å²) in [5, 5.41) is 3.50. The molecule has 2 unspecified atom stereocenters. The van der Waals surface area contributed by atoms with Crippen LogP contribution in [0.4, 0.5) is 0 Å². The highest BCUT2D eigenvalue weighted by Gasteiger charge is 2.47. The van der Waals surface area contributed by atoms with Crippen LogP contribution >= 0.6 is 11.8 Å². The molecule has 1 aliphatic heterocycles. The van der Waals surface area contributed by atoms with E-state index in [0.29, 0.717) is 0 Å². The Bertz CT molecular complexity index is 455. The van der Waals surface area contributed by atoms with Crippen LogP contribution in [0.2, 0.25) is 0 Å². The van der Waals surface area contributed by atoms with E-state index in [4.69, 9.17) is 19.7 Å². The van der Waals surface area contributed by atoms with Crippen molar-refractivity contribution >= 4 is 23.7 Å². The highest BCUT2D eigenvalue weighted by Crippen LogP contribution is 2.36. The van der Waals surface area contributed by atoms with E-state index in [-0.39, 0.29) is 17.9 Å². The number of rotatable bonds is 6. The van der Waals surface area contributed by atoms with Crippen LogP contribution in [0.25, 0.3) is 10.4 Å². The van der Waals surface area contributed by atoms with Gasteiger partial charge in [-0.1, -0.05) is 19.0 Å². The molecular weight excluding hydrogens is 310 g/mol. The molecule has 0 amide bonds. The summed E-state index contributed by atoms with van der Waals surface area (Å²) < 4.78 is 16.5. The molecule has 5 atom stereocenters. The first-order valence-electron chi connectivity index (χ1n) is 7.03. The van der Waals surface area contributed by atoms with Crippen LogP contribution in [-0.2, 0) is 23.8 Å². The molecule has 1 saturated heterocycles. The van der Waals surface area contributed by atoms with E-state index < -0.39 is 30.3 Å². The van der Waals surface area contributed by atoms with Gasteiger partial charge in [0.2, 0.25) is 0 Å². The van der Waals surface area contributed by atoms with Crippen molar-refractivity contribution < 1.29 is 23.8 Å². The molecule has 1 fully saturated rings. The van der Waals surface area contributed by atoms with Gasteiger partial charge in [0.1, 0.15) is 17.6 Å². The molecular formula is C13H21N3O5S. The van der Waals surface area contributed by atoms with Gasteiger partial charge in [0, 0.05) is 24.7 Å². The predicted octanol–water partition coefficient (Wildman–Crippen LogP) is 2.27. The van der Waals surface area contributed by atoms with Gasteiger partial charge in [-0.2, -0.15) is 0 Å². The number of thioether (sulfide) groups is 1. The first-order valence-corrected chi connectivity index (χ1v) is 8.07. The Morgan fingerprint density at radius 3 is 2.36 bits per heavy atom. The van der Waals surface area contributed by atoms with Gasteiger partial charge in [0.25, 0.3) is 0 Å². The smallest absolute Gasteiger partial charge is 0.303 e. The van der Waals surface area contributed by atoms with Crippen LogP contribution in [0.3, 0.4) is 0 Å². The SMILES string of the molecule is CCS[C@@H]1OC(CN=[N+]=[N-])[C@@H](OC(C)=O)[C@H](OC(C)=O)C1C. The lowest BCUT2D eigenvalue weighted by molar-refractivity contribution is -0.208. The van der Waals surface area contributed by atoms with E-state index in [2.05, 4.69) is 10.0 Å². The topological polar surface area (TPSA) is 111 Å². The maximum Gasteiger partial charge on any atom is 0.303 e. The van der Waals surface area contributed by atoms with Crippen molar-refractivity contribution in [2.75, 3.05) is 12.3 Å². The molecule has 0 aliphatic carbocycles. The molecule has 0 saturated carbocycles. The summed E-state index contributed by atoms with van der Waals surface area (Å²) in [5.74, 6) is -0.321. The van der Waals surface area contributed by atoms with Gasteiger partial charge in [-0.3, -0.25) is 9.59 Å². The molecule has 124 valence electrons. The summed E-state index contributed by atoms with van der Waals surface area (Å²) in [6.45, 7) is 6.44. The molecule has 0 aromatic heterocycles. The Morgan fingerprint density at radius 2 is 1.86 bits per heavy atom. The average molecular weight is 331 g/mol. The summed E-state index contributed by atoms with van der Waals surface area (Å²) in [5.41, 5.74) is 8.27. The van der Waals surface area contributed by atoms with Crippen LogP contribution in [0, 0.1) is 5.92 Å². The number of carbonyl (C=O) groups excluding carboxylic acids is 2. The maximum atomic E-state index is 11.4. The van der Waals surface area contributed by atoms with E-state index in [1.165, 1.54) is 13.8 Å². The van der Waals surface area contributed by atoms with Gasteiger partial charge in [0.05, 0.1) is 6.54 Å². The lowest BCUT2D eigenvalue weighted by atomic mass is 9.93. The zero-order chi connectivity index (χ0) is 16.7. The third kappa shape index (κ3) is 5.08. The number of ether oxygens (including phenoxy) is 3. The van der Waals surface area contributed by atoms with Crippen LogP contribution in [0.5, 0.6) is 0 Å². The van der Waals surface area contributed by atoms with Crippen molar-refractivity contribution in [1.29, 1.82) is 0 Å². The Hall–Kier alpha value is -1.44. The zero-order valence-electron chi connectivity index (χ0n) is 13.1. The Balaban J connectivity index is 3.06. The van der Waals surface area contributed by atoms with Gasteiger partial charge in [-0.25, -0.2) is 0 Å². The van der Waals surface area contributed by atoms with Gasteiger partial charge < -0.3 is 14.2 Å². The number of nitrogens with zero attached hydrogens (tertiary/aromatic N) is 3. The second-order valence-electron chi connectivity index (χ2n) is 4.92. The standard InChI is InChI=1S/C13H21N3O5S/c1-5-22-13-7(2)11(19-8(3)17)12(20-9(4)18)10(21-13)6-15-16-14/h7,10-13H,5-6H2,1-4H3/t7?,10?,11-,12-,13+/m1/s1. The minimum absolute atomic E-state index is 0.000292. The number of carbonyl (C=O) groups is 2. The molecule has 0 N–H and O–H groups in total. The quantitative estimate of drug-likeness (QED) is 0.319. The van der Waals surface area contributed by atoms with E-state index in [9.17, 15) is 9.59 Å². The second-order valence-corrected chi connectivity index (χ2v) is 6.29. The van der Waals surface area contributed by atoms with Crippen molar-refractivity contribution in [3.05, 3.63) is 10.4 Å². The molecule has 0 aromatic rings. The molecule has 0 aromatic carbocycles. The fourth-order valence-corrected chi connectivity index (χ4v) is 3.37. The fourth-order valence-electron chi connectivity index (χ4n) is 2.36. The van der Waals surface area contributed by atoms with Crippen molar-refractivity contribution in [2.45, 2.75) is 51.4 Å². The minimum atomic E-state index is -0.796. The van der Waals surface area contributed by atoms with Gasteiger partial charge in [-0.05, 0) is 11.3 Å². The Labute approximate surface area is 133 Å². The van der Waals surface area contributed by atoms with Gasteiger partial charge >= 0.3 is 11.9 Å². The molecule has 0 radical (unpaired) electrons. The highest BCUT2D eigenvalue weighted by molar-refractivity contribution is 7.99. The van der Waals surface area contributed by atoms with E-state index in [0.717, 1.165) is 5.75 Å². The molecule has 22 heavy (non-hydrogen) atoms. The van der Waals surface area contributed by atoms with E-state index >= 15 is 0 Å². The zero-order valence-corrected chi connectivity index (χ0v) is 13.9. The average Bonchev–Trinajstić information content (AvgIpc) is 2.43. The van der Waals surface area contributed by atoms with Gasteiger partial charge in [0.15, 0.2) is 6.10 Å². The number of hydrogen-bond acceptors (Lipinski definition) is 7. The predicted molar refractivity (Wildman–Crippen MR) is 81.1 cm³/mol. The first-order chi connectivity index (χ1) is 10.4. The number of hydrogen-bond donors (Lipinski definition) is 0. The van der Waals surface area contributed by atoms with Crippen LogP contribution < -0.4 is 0 Å². The maximum absolute atomic E-state index is 11.4. The number of azide groups is 1. The lowest BCUT2D eigenvalue weighted by Gasteiger charge is -2.43. The van der Waals surface area contributed by atoms with Crippen LogP contribution in [0.15, 0.2) is 5.11 Å². The summed E-state index contributed by atoms with van der Waals surface area (Å²) in [4.78, 5) is 25.4. The van der Waals surface area contributed by atoms with Crippen LogP contribution in [-0.4, -0.2) is 48.0 Å². The van der Waals surface area contributed by atoms with E-state index in [1.54, 1.807) is 11.8 Å². The normalized spacial score (nSPS) is 31.0. The van der Waals surface area contributed by atoms with Crippen molar-refractivity contribution in [1.82, 2.24) is 0 Å². The van der Waals surface area contributed by atoms with Gasteiger partial charge in [-0.15, -0.1) is 11.8 Å². The molecule has 0 bridgehead atoms. The van der Waals surface area contributed by atoms with E-state index in [1.807, 2.05) is 13.8 Å². The third-order valence-electron chi connectivity index (χ3n) is 3.21. The summed E-state index contributed by atoms with van der Waals surface area (Å²) in [6.07, 6.45) is -2.09. The lowest BCUT2D eigenvalue weighted by Crippen LogP contribution is -2.56. The third-order valence-corrected chi connectivity index (χ3v) is 4.41. The summed E-state index contributed by atoms with van der Waals surface area (Å²) >= 11 is 1.56. The highest BCUT2D eigenvalue weighted by atomic mass is 32.2. The fraction of sp³-hybridized carbons (Fsp3) is 0.846. The Kier molecular flexibility index (Phi) is 7.50. The molecule has 1 heterocycles. The summed E-state index contributed by atoms with van der Waals surface area (Å²) in [6, 6.07) is 0. The molecule has 1 rings (SSSR count). The molecule has 0 spiro atoms. The molecule has 1 aliphatic rings. The summed E-state index contributed by atoms with van der Waals surface area (Å²) in [7, 11) is 0. The minimum Gasteiger partial charge on any atom is -0.458 e.